The molecule has 0 amide bonds. The quantitative estimate of drug-likeness (QED) is 0.697. The normalized spacial score (nSPS) is 13.5. The first-order valence-electron chi connectivity index (χ1n) is 3.57. The third-order valence-electron chi connectivity index (χ3n) is 1.58. The summed E-state index contributed by atoms with van der Waals surface area (Å²) in [6, 6.07) is 2.36. The van der Waals surface area contributed by atoms with Crippen LogP contribution in [0.25, 0.3) is 0 Å². The maximum Gasteiger partial charge on any atom is 0.0363 e. The van der Waals surface area contributed by atoms with Gasteiger partial charge >= 0.3 is 0 Å². The van der Waals surface area contributed by atoms with Crippen molar-refractivity contribution in [3.63, 3.8) is 0 Å². The zero-order chi connectivity index (χ0) is 7.56. The van der Waals surface area contributed by atoms with Crippen molar-refractivity contribution in [2.24, 2.45) is 5.73 Å². The Hall–Kier alpha value is -0.340. The van der Waals surface area contributed by atoms with Gasteiger partial charge in [0.2, 0.25) is 0 Å². The molecule has 1 aromatic rings. The molecule has 2 N–H and O–H groups in total. The third-order valence-corrected chi connectivity index (χ3v) is 2.74. The van der Waals surface area contributed by atoms with Gasteiger partial charge < -0.3 is 5.73 Å². The fraction of sp³-hybridized carbons (Fsp3) is 0.500. The van der Waals surface area contributed by atoms with E-state index in [9.17, 15) is 0 Å². The second kappa shape index (κ2) is 3.17. The van der Waals surface area contributed by atoms with Crippen LogP contribution in [0.2, 0.25) is 0 Å². The maximum atomic E-state index is 5.74. The Kier molecular flexibility index (Phi) is 2.46. The van der Waals surface area contributed by atoms with Gasteiger partial charge in [-0.05, 0) is 30.4 Å². The molecule has 1 nitrogen and oxygen atoms in total. The summed E-state index contributed by atoms with van der Waals surface area (Å²) in [7, 11) is 0. The van der Waals surface area contributed by atoms with Crippen LogP contribution in [0.15, 0.2) is 11.4 Å². The molecule has 0 aliphatic heterocycles. The van der Waals surface area contributed by atoms with Gasteiger partial charge in [-0.3, -0.25) is 0 Å². The van der Waals surface area contributed by atoms with Crippen molar-refractivity contribution in [3.05, 3.63) is 21.9 Å². The van der Waals surface area contributed by atoms with Gasteiger partial charge in [0.25, 0.3) is 0 Å². The fourth-order valence-electron chi connectivity index (χ4n) is 1.04. The summed E-state index contributed by atoms with van der Waals surface area (Å²) in [4.78, 5) is 1.34. The smallest absolute Gasteiger partial charge is 0.0363 e. The molecule has 10 heavy (non-hydrogen) atoms. The molecule has 0 aliphatic carbocycles. The first kappa shape index (κ1) is 7.76. The van der Waals surface area contributed by atoms with Crippen LogP contribution in [0, 0.1) is 0 Å². The van der Waals surface area contributed by atoms with E-state index in [1.807, 2.05) is 6.92 Å². The summed E-state index contributed by atoms with van der Waals surface area (Å²) in [6.45, 7) is 4.19. The summed E-state index contributed by atoms with van der Waals surface area (Å²) < 4.78 is 0. The van der Waals surface area contributed by atoms with Crippen LogP contribution >= 0.6 is 11.3 Å². The highest BCUT2D eigenvalue weighted by Gasteiger charge is 2.05. The molecule has 0 radical (unpaired) electrons. The van der Waals surface area contributed by atoms with Gasteiger partial charge in [-0.15, -0.1) is 11.3 Å². The van der Waals surface area contributed by atoms with E-state index in [-0.39, 0.29) is 6.04 Å². The Balaban J connectivity index is 2.90. The summed E-state index contributed by atoms with van der Waals surface area (Å²) in [6.07, 6.45) is 1.10. The first-order valence-corrected chi connectivity index (χ1v) is 4.45. The zero-order valence-corrected chi connectivity index (χ0v) is 7.24. The Bertz CT molecular complexity index is 203. The largest absolute Gasteiger partial charge is 0.323 e. The minimum absolute atomic E-state index is 0.204. The monoisotopic (exact) mass is 155 g/mol. The van der Waals surface area contributed by atoms with Crippen LogP contribution in [0.5, 0.6) is 0 Å². The third kappa shape index (κ3) is 1.39. The van der Waals surface area contributed by atoms with E-state index in [2.05, 4.69) is 18.4 Å². The molecule has 0 bridgehead atoms. The second-order valence-corrected chi connectivity index (χ2v) is 3.40. The predicted molar refractivity (Wildman–Crippen MR) is 46.3 cm³/mol. The number of aryl methyl sites for hydroxylation is 1. The molecular weight excluding hydrogens is 142 g/mol. The molecule has 0 unspecified atom stereocenters. The molecule has 0 aromatic carbocycles. The van der Waals surface area contributed by atoms with Crippen molar-refractivity contribution in [3.8, 4) is 0 Å². The number of rotatable bonds is 2. The molecular formula is C8H13NS. The molecule has 0 fully saturated rings. The molecule has 0 spiro atoms. The van der Waals surface area contributed by atoms with Gasteiger partial charge in [0.1, 0.15) is 0 Å². The molecule has 56 valence electrons. The number of thiophene rings is 1. The SMILES string of the molecule is CCc1ccsc1[C@@H](C)N. The maximum absolute atomic E-state index is 5.74. The highest BCUT2D eigenvalue weighted by molar-refractivity contribution is 7.10. The van der Waals surface area contributed by atoms with E-state index in [4.69, 9.17) is 5.73 Å². The Morgan fingerprint density at radius 1 is 1.70 bits per heavy atom. The minimum Gasteiger partial charge on any atom is -0.323 e. The van der Waals surface area contributed by atoms with Gasteiger partial charge in [0.05, 0.1) is 0 Å². The Morgan fingerprint density at radius 3 is 2.80 bits per heavy atom. The highest BCUT2D eigenvalue weighted by atomic mass is 32.1. The highest BCUT2D eigenvalue weighted by Crippen LogP contribution is 2.22. The Labute approximate surface area is 65.9 Å². The molecule has 0 aliphatic rings. The van der Waals surface area contributed by atoms with Gasteiger partial charge in [-0.1, -0.05) is 6.92 Å². The zero-order valence-electron chi connectivity index (χ0n) is 6.42. The van der Waals surface area contributed by atoms with E-state index >= 15 is 0 Å². The van der Waals surface area contributed by atoms with Crippen molar-refractivity contribution >= 4 is 11.3 Å². The standard InChI is InChI=1S/C8H13NS/c1-3-7-4-5-10-8(7)6(2)9/h4-6H,3,9H2,1-2H3/t6-/m1/s1. The van der Waals surface area contributed by atoms with Crippen LogP contribution in [0.1, 0.15) is 30.3 Å². The summed E-state index contributed by atoms with van der Waals surface area (Å²) in [5.41, 5.74) is 7.15. The summed E-state index contributed by atoms with van der Waals surface area (Å²) in [5, 5.41) is 2.11. The summed E-state index contributed by atoms with van der Waals surface area (Å²) in [5.74, 6) is 0. The molecule has 1 atom stereocenters. The van der Waals surface area contributed by atoms with Crippen LogP contribution in [0.4, 0.5) is 0 Å². The van der Waals surface area contributed by atoms with E-state index in [0.717, 1.165) is 6.42 Å². The molecule has 1 aromatic heterocycles. The van der Waals surface area contributed by atoms with E-state index in [1.54, 1.807) is 11.3 Å². The van der Waals surface area contributed by atoms with Crippen LogP contribution in [-0.2, 0) is 6.42 Å². The van der Waals surface area contributed by atoms with Crippen molar-refractivity contribution in [2.75, 3.05) is 0 Å². The lowest BCUT2D eigenvalue weighted by molar-refractivity contribution is 0.823. The van der Waals surface area contributed by atoms with Crippen molar-refractivity contribution in [2.45, 2.75) is 26.3 Å². The number of hydrogen-bond acceptors (Lipinski definition) is 2. The van der Waals surface area contributed by atoms with Crippen molar-refractivity contribution in [1.29, 1.82) is 0 Å². The molecule has 1 heterocycles. The average molecular weight is 155 g/mol. The molecule has 0 saturated carbocycles. The van der Waals surface area contributed by atoms with E-state index < -0.39 is 0 Å². The molecule has 1 rings (SSSR count). The van der Waals surface area contributed by atoms with Gasteiger partial charge in [-0.2, -0.15) is 0 Å². The second-order valence-electron chi connectivity index (χ2n) is 2.45. The lowest BCUT2D eigenvalue weighted by atomic mass is 10.1. The number of hydrogen-bond donors (Lipinski definition) is 1. The van der Waals surface area contributed by atoms with Crippen LogP contribution in [0.3, 0.4) is 0 Å². The number of nitrogens with two attached hydrogens (primary N) is 1. The lowest BCUT2D eigenvalue weighted by Crippen LogP contribution is -2.04. The predicted octanol–water partition coefficient (Wildman–Crippen LogP) is 2.33. The van der Waals surface area contributed by atoms with E-state index in [0.29, 0.717) is 0 Å². The molecule has 0 saturated heterocycles. The first-order chi connectivity index (χ1) is 4.75. The van der Waals surface area contributed by atoms with Crippen LogP contribution in [-0.4, -0.2) is 0 Å². The average Bonchev–Trinajstić information content (AvgIpc) is 2.33. The Morgan fingerprint density at radius 2 is 2.40 bits per heavy atom. The minimum atomic E-state index is 0.204. The van der Waals surface area contributed by atoms with Gasteiger partial charge in [-0.25, -0.2) is 0 Å². The van der Waals surface area contributed by atoms with Crippen molar-refractivity contribution in [1.82, 2.24) is 0 Å². The van der Waals surface area contributed by atoms with Crippen LogP contribution < -0.4 is 5.73 Å². The topological polar surface area (TPSA) is 26.0 Å². The van der Waals surface area contributed by atoms with Gasteiger partial charge in [0.15, 0.2) is 0 Å². The molecule has 2 heteroatoms. The van der Waals surface area contributed by atoms with Gasteiger partial charge in [0, 0.05) is 10.9 Å². The van der Waals surface area contributed by atoms with Crippen molar-refractivity contribution < 1.29 is 0 Å². The van der Waals surface area contributed by atoms with E-state index in [1.165, 1.54) is 10.4 Å². The summed E-state index contributed by atoms with van der Waals surface area (Å²) >= 11 is 1.76. The lowest BCUT2D eigenvalue weighted by Gasteiger charge is -2.03. The fourth-order valence-corrected chi connectivity index (χ4v) is 2.00.